The van der Waals surface area contributed by atoms with E-state index in [1.807, 2.05) is 29.1 Å². The van der Waals surface area contributed by atoms with E-state index in [0.29, 0.717) is 23.0 Å². The molecule has 0 radical (unpaired) electrons. The minimum absolute atomic E-state index is 0.0129. The van der Waals surface area contributed by atoms with Gasteiger partial charge in [0.25, 0.3) is 0 Å². The van der Waals surface area contributed by atoms with Gasteiger partial charge < -0.3 is 15.0 Å². The van der Waals surface area contributed by atoms with Gasteiger partial charge in [0.2, 0.25) is 16.2 Å². The average Bonchev–Trinajstić information content (AvgIpc) is 3.40. The number of halogens is 1. The molecule has 1 N–H and O–H groups in total. The molecule has 1 unspecified atom stereocenters. The summed E-state index contributed by atoms with van der Waals surface area (Å²) in [6.07, 6.45) is 5.66. The van der Waals surface area contributed by atoms with Crippen molar-refractivity contribution < 1.29 is 9.53 Å². The van der Waals surface area contributed by atoms with Crippen LogP contribution in [0.5, 0.6) is 5.75 Å². The first kappa shape index (κ1) is 18.8. The van der Waals surface area contributed by atoms with E-state index in [9.17, 15) is 4.79 Å². The Labute approximate surface area is 171 Å². The number of nitrogens with one attached hydrogen (secondary N) is 1. The normalized spacial score (nSPS) is 16.8. The molecule has 1 amide bonds. The van der Waals surface area contributed by atoms with Crippen LogP contribution in [0.15, 0.2) is 42.7 Å². The molecule has 1 aromatic carbocycles. The summed E-state index contributed by atoms with van der Waals surface area (Å²) in [5, 5.41) is 13.7. The van der Waals surface area contributed by atoms with Crippen LogP contribution in [0.4, 0.5) is 10.8 Å². The summed E-state index contributed by atoms with van der Waals surface area (Å²) in [4.78, 5) is 14.9. The van der Waals surface area contributed by atoms with Crippen LogP contribution < -0.4 is 15.0 Å². The highest BCUT2D eigenvalue weighted by molar-refractivity contribution is 7.17. The molecule has 28 heavy (non-hydrogen) atoms. The van der Waals surface area contributed by atoms with Crippen LogP contribution in [-0.2, 0) is 4.79 Å². The maximum absolute atomic E-state index is 12.8. The molecule has 7 nitrogen and oxygen atoms in total. The lowest BCUT2D eigenvalue weighted by molar-refractivity contribution is -0.120. The Morgan fingerprint density at radius 3 is 2.82 bits per heavy atom. The van der Waals surface area contributed by atoms with Crippen molar-refractivity contribution in [1.29, 1.82) is 0 Å². The minimum Gasteiger partial charge on any atom is -0.495 e. The second-order valence-electron chi connectivity index (χ2n) is 6.58. The first-order chi connectivity index (χ1) is 13.6. The van der Waals surface area contributed by atoms with Gasteiger partial charge in [0, 0.05) is 31.2 Å². The highest BCUT2D eigenvalue weighted by atomic mass is 35.5. The van der Waals surface area contributed by atoms with E-state index in [0.717, 1.165) is 29.6 Å². The van der Waals surface area contributed by atoms with Crippen molar-refractivity contribution in [2.24, 2.45) is 5.92 Å². The quantitative estimate of drug-likeness (QED) is 0.682. The first-order valence-corrected chi connectivity index (χ1v) is 10.2. The van der Waals surface area contributed by atoms with E-state index in [-0.39, 0.29) is 11.8 Å². The van der Waals surface area contributed by atoms with E-state index in [2.05, 4.69) is 20.4 Å². The molecule has 1 atom stereocenters. The third-order valence-corrected chi connectivity index (χ3v) is 6.00. The van der Waals surface area contributed by atoms with Gasteiger partial charge in [-0.05, 0) is 43.2 Å². The summed E-state index contributed by atoms with van der Waals surface area (Å²) >= 11 is 7.67. The van der Waals surface area contributed by atoms with Crippen LogP contribution in [-0.4, -0.2) is 40.9 Å². The number of hydrogen-bond acceptors (Lipinski definition) is 6. The lowest BCUT2D eigenvalue weighted by Crippen LogP contribution is -2.40. The Morgan fingerprint density at radius 1 is 1.29 bits per heavy atom. The second kappa shape index (κ2) is 8.20. The maximum Gasteiger partial charge on any atom is 0.229 e. The average molecular weight is 418 g/mol. The Hall–Kier alpha value is -2.58. The maximum atomic E-state index is 12.8. The number of anilines is 2. The zero-order valence-corrected chi connectivity index (χ0v) is 16.9. The Balaban J connectivity index is 1.42. The lowest BCUT2D eigenvalue weighted by atomic mass is 9.97. The third kappa shape index (κ3) is 3.98. The van der Waals surface area contributed by atoms with Gasteiger partial charge in [-0.1, -0.05) is 22.9 Å². The minimum atomic E-state index is -0.117. The van der Waals surface area contributed by atoms with E-state index < -0.39 is 0 Å². The van der Waals surface area contributed by atoms with E-state index in [1.54, 1.807) is 25.3 Å². The molecule has 9 heteroatoms. The Kier molecular flexibility index (Phi) is 5.50. The fourth-order valence-corrected chi connectivity index (χ4v) is 4.36. The molecule has 0 spiro atoms. The lowest BCUT2D eigenvalue weighted by Gasteiger charge is -2.31. The van der Waals surface area contributed by atoms with Gasteiger partial charge >= 0.3 is 0 Å². The summed E-state index contributed by atoms with van der Waals surface area (Å²) in [5.74, 6) is 0.452. The smallest absolute Gasteiger partial charge is 0.229 e. The second-order valence-corrected chi connectivity index (χ2v) is 7.92. The summed E-state index contributed by atoms with van der Waals surface area (Å²) in [6, 6.07) is 9.14. The van der Waals surface area contributed by atoms with Gasteiger partial charge in [-0.2, -0.15) is 0 Å². The van der Waals surface area contributed by atoms with Gasteiger partial charge in [-0.25, -0.2) is 0 Å². The molecule has 3 heterocycles. The van der Waals surface area contributed by atoms with Crippen LogP contribution >= 0.6 is 22.9 Å². The van der Waals surface area contributed by atoms with Crippen molar-refractivity contribution in [3.63, 3.8) is 0 Å². The molecule has 0 aliphatic carbocycles. The monoisotopic (exact) mass is 417 g/mol. The van der Waals surface area contributed by atoms with E-state index >= 15 is 0 Å². The molecular weight excluding hydrogens is 398 g/mol. The van der Waals surface area contributed by atoms with Crippen LogP contribution in [0.3, 0.4) is 0 Å². The Morgan fingerprint density at radius 2 is 2.07 bits per heavy atom. The first-order valence-electron chi connectivity index (χ1n) is 9.00. The molecule has 1 aliphatic rings. The zero-order valence-electron chi connectivity index (χ0n) is 15.3. The highest BCUT2D eigenvalue weighted by Gasteiger charge is 2.28. The predicted octanol–water partition coefficient (Wildman–Crippen LogP) is 3.85. The van der Waals surface area contributed by atoms with Gasteiger partial charge in [-0.3, -0.25) is 9.36 Å². The summed E-state index contributed by atoms with van der Waals surface area (Å²) < 4.78 is 7.08. The molecular formula is C19H20ClN5O2S. The number of nitrogens with zero attached hydrogens (tertiary/aromatic N) is 4. The molecule has 1 saturated heterocycles. The van der Waals surface area contributed by atoms with Crippen LogP contribution in [0.25, 0.3) is 5.13 Å². The number of methoxy groups -OCH3 is 1. The highest BCUT2D eigenvalue weighted by Crippen LogP contribution is 2.30. The molecule has 1 aliphatic heterocycles. The van der Waals surface area contributed by atoms with Crippen LogP contribution in [0.2, 0.25) is 5.02 Å². The summed E-state index contributed by atoms with van der Waals surface area (Å²) in [5.41, 5.74) is 0.665. The largest absolute Gasteiger partial charge is 0.495 e. The van der Waals surface area contributed by atoms with E-state index in [1.165, 1.54) is 11.3 Å². The third-order valence-electron chi connectivity index (χ3n) is 4.71. The number of carbonyl (C=O) groups is 1. The fraction of sp³-hybridized carbons (Fsp3) is 0.316. The van der Waals surface area contributed by atoms with Crippen molar-refractivity contribution in [1.82, 2.24) is 14.8 Å². The standard InChI is InChI=1S/C19H20ClN5O2S/c1-27-16-7-6-14(11-15(16)20)21-17(26)13-5-4-10-25(12-13)19-23-22-18(28-19)24-8-2-3-9-24/h2-3,6-9,11,13H,4-5,10,12H2,1H3,(H,21,26). The number of benzene rings is 1. The fourth-order valence-electron chi connectivity index (χ4n) is 3.26. The van der Waals surface area contributed by atoms with Gasteiger partial charge in [-0.15, -0.1) is 10.2 Å². The number of piperidine rings is 1. The number of rotatable bonds is 5. The van der Waals surface area contributed by atoms with Crippen molar-refractivity contribution in [3.8, 4) is 10.9 Å². The van der Waals surface area contributed by atoms with Gasteiger partial charge in [0.15, 0.2) is 0 Å². The summed E-state index contributed by atoms with van der Waals surface area (Å²) in [6.45, 7) is 1.49. The predicted molar refractivity (Wildman–Crippen MR) is 111 cm³/mol. The van der Waals surface area contributed by atoms with E-state index in [4.69, 9.17) is 16.3 Å². The van der Waals surface area contributed by atoms with Gasteiger partial charge in [0.05, 0.1) is 18.1 Å². The molecule has 2 aromatic heterocycles. The zero-order chi connectivity index (χ0) is 19.5. The van der Waals surface area contributed by atoms with Crippen LogP contribution in [0, 0.1) is 5.92 Å². The molecule has 0 bridgehead atoms. The number of amides is 1. The van der Waals surface area contributed by atoms with Crippen molar-refractivity contribution in [2.75, 3.05) is 30.4 Å². The molecule has 1 fully saturated rings. The Bertz CT molecular complexity index is 959. The topological polar surface area (TPSA) is 72.3 Å². The molecule has 146 valence electrons. The van der Waals surface area contributed by atoms with Gasteiger partial charge in [0.1, 0.15) is 5.75 Å². The molecule has 0 saturated carbocycles. The van der Waals surface area contributed by atoms with Crippen molar-refractivity contribution in [2.45, 2.75) is 12.8 Å². The molecule has 3 aromatic rings. The SMILES string of the molecule is COc1ccc(NC(=O)C2CCCN(c3nnc(-n4cccc4)s3)C2)cc1Cl. The summed E-state index contributed by atoms with van der Waals surface area (Å²) in [7, 11) is 1.56. The van der Waals surface area contributed by atoms with Crippen LogP contribution in [0.1, 0.15) is 12.8 Å². The molecule has 4 rings (SSSR count). The number of hydrogen-bond donors (Lipinski definition) is 1. The number of aromatic nitrogens is 3. The van der Waals surface area contributed by atoms with Crippen molar-refractivity contribution >= 4 is 39.7 Å². The number of ether oxygens (including phenoxy) is 1. The van der Waals surface area contributed by atoms with Crippen molar-refractivity contribution in [3.05, 3.63) is 47.7 Å². The number of carbonyl (C=O) groups excluding carboxylic acids is 1.